The van der Waals surface area contributed by atoms with Crippen molar-refractivity contribution in [3.63, 3.8) is 0 Å². The molecule has 0 radical (unpaired) electrons. The first kappa shape index (κ1) is 20.1. The van der Waals surface area contributed by atoms with Crippen molar-refractivity contribution in [3.05, 3.63) is 83.9 Å². The summed E-state index contributed by atoms with van der Waals surface area (Å²) in [6, 6.07) is 23.6. The lowest BCUT2D eigenvalue weighted by atomic mass is 10.0. The molecule has 5 heteroatoms. The molecule has 1 aliphatic rings. The van der Waals surface area contributed by atoms with Crippen LogP contribution < -0.4 is 0 Å². The van der Waals surface area contributed by atoms with Gasteiger partial charge in [0.2, 0.25) is 0 Å². The second kappa shape index (κ2) is 9.09. The summed E-state index contributed by atoms with van der Waals surface area (Å²) in [4.78, 5) is 29.4. The molecule has 0 aromatic heterocycles. The number of amides is 2. The largest absolute Gasteiger partial charge is 0.364 e. The second-order valence-corrected chi connectivity index (χ2v) is 7.58. The lowest BCUT2D eigenvalue weighted by Gasteiger charge is -2.36. The monoisotopic (exact) mass is 402 g/mol. The summed E-state index contributed by atoms with van der Waals surface area (Å²) in [5, 5.41) is 2.02. The van der Waals surface area contributed by atoms with Crippen molar-refractivity contribution in [1.82, 2.24) is 9.80 Å². The molecule has 1 heterocycles. The number of hydrogen-bond acceptors (Lipinski definition) is 3. The fraction of sp³-hybridized carbons (Fsp3) is 0.280. The third-order valence-electron chi connectivity index (χ3n) is 5.59. The van der Waals surface area contributed by atoms with E-state index in [2.05, 4.69) is 0 Å². The summed E-state index contributed by atoms with van der Waals surface area (Å²) >= 11 is 0. The fourth-order valence-electron chi connectivity index (χ4n) is 3.84. The Kier molecular flexibility index (Phi) is 6.10. The van der Waals surface area contributed by atoms with Gasteiger partial charge in [0.15, 0.2) is 0 Å². The van der Waals surface area contributed by atoms with Crippen molar-refractivity contribution in [1.29, 1.82) is 0 Å². The Morgan fingerprint density at radius 2 is 1.47 bits per heavy atom. The Hall–Kier alpha value is -3.18. The van der Waals surface area contributed by atoms with Gasteiger partial charge in [0.25, 0.3) is 11.8 Å². The first-order chi connectivity index (χ1) is 14.6. The van der Waals surface area contributed by atoms with Crippen LogP contribution in [0.3, 0.4) is 0 Å². The van der Waals surface area contributed by atoms with Crippen molar-refractivity contribution in [3.8, 4) is 0 Å². The van der Waals surface area contributed by atoms with Crippen LogP contribution >= 0.6 is 0 Å². The van der Waals surface area contributed by atoms with Crippen molar-refractivity contribution < 1.29 is 14.3 Å². The molecule has 1 saturated heterocycles. The van der Waals surface area contributed by atoms with Gasteiger partial charge in [0.1, 0.15) is 6.10 Å². The highest BCUT2D eigenvalue weighted by Crippen LogP contribution is 2.21. The van der Waals surface area contributed by atoms with Gasteiger partial charge in [-0.25, -0.2) is 0 Å². The molecule has 3 aromatic carbocycles. The Morgan fingerprint density at radius 1 is 0.833 bits per heavy atom. The van der Waals surface area contributed by atoms with E-state index in [0.717, 1.165) is 16.3 Å². The van der Waals surface area contributed by atoms with Gasteiger partial charge in [-0.15, -0.1) is 0 Å². The number of carbonyl (C=O) groups excluding carboxylic acids is 2. The number of benzene rings is 3. The van der Waals surface area contributed by atoms with Crippen molar-refractivity contribution in [2.75, 3.05) is 26.2 Å². The minimum absolute atomic E-state index is 0.0206. The van der Waals surface area contributed by atoms with Crippen LogP contribution in [0.4, 0.5) is 0 Å². The molecule has 1 aliphatic heterocycles. The molecule has 0 bridgehead atoms. The topological polar surface area (TPSA) is 49.9 Å². The Bertz CT molecular complexity index is 1020. The van der Waals surface area contributed by atoms with E-state index in [4.69, 9.17) is 4.74 Å². The van der Waals surface area contributed by atoms with E-state index in [0.29, 0.717) is 38.3 Å². The molecular formula is C25H26N2O3. The van der Waals surface area contributed by atoms with Gasteiger partial charge in [-0.05, 0) is 29.3 Å². The van der Waals surface area contributed by atoms with Gasteiger partial charge in [-0.3, -0.25) is 9.59 Å². The first-order valence-electron chi connectivity index (χ1n) is 10.3. The van der Waals surface area contributed by atoms with E-state index >= 15 is 0 Å². The summed E-state index contributed by atoms with van der Waals surface area (Å²) in [6.45, 7) is 4.30. The minimum atomic E-state index is -0.509. The van der Waals surface area contributed by atoms with Crippen LogP contribution in [0.25, 0.3) is 10.8 Å². The quantitative estimate of drug-likeness (QED) is 0.653. The smallest absolute Gasteiger partial charge is 0.254 e. The first-order valence-corrected chi connectivity index (χ1v) is 10.3. The zero-order valence-electron chi connectivity index (χ0n) is 17.2. The summed E-state index contributed by atoms with van der Waals surface area (Å²) < 4.78 is 5.76. The van der Waals surface area contributed by atoms with E-state index in [1.807, 2.05) is 77.7 Å². The molecule has 2 amide bonds. The number of ether oxygens (including phenoxy) is 1. The second-order valence-electron chi connectivity index (χ2n) is 7.58. The number of fused-ring (bicyclic) bond motifs is 1. The zero-order chi connectivity index (χ0) is 20.9. The Morgan fingerprint density at radius 3 is 2.23 bits per heavy atom. The average Bonchev–Trinajstić information content (AvgIpc) is 2.82. The lowest BCUT2D eigenvalue weighted by molar-refractivity contribution is -0.144. The molecule has 1 atom stereocenters. The van der Waals surface area contributed by atoms with Crippen LogP contribution in [0.1, 0.15) is 22.8 Å². The lowest BCUT2D eigenvalue weighted by Crippen LogP contribution is -2.52. The molecule has 5 nitrogen and oxygen atoms in total. The van der Waals surface area contributed by atoms with Gasteiger partial charge in [-0.1, -0.05) is 66.7 Å². The molecule has 4 rings (SSSR count). The van der Waals surface area contributed by atoms with E-state index in [1.54, 1.807) is 11.8 Å². The van der Waals surface area contributed by atoms with Crippen LogP contribution in [0.5, 0.6) is 0 Å². The predicted molar refractivity (Wildman–Crippen MR) is 117 cm³/mol. The van der Waals surface area contributed by atoms with Crippen LogP contribution in [-0.4, -0.2) is 53.9 Å². The highest BCUT2D eigenvalue weighted by molar-refractivity contribution is 6.07. The molecule has 0 aliphatic carbocycles. The molecule has 0 spiro atoms. The number of rotatable bonds is 5. The number of piperazine rings is 1. The molecule has 1 unspecified atom stereocenters. The average molecular weight is 402 g/mol. The Labute approximate surface area is 176 Å². The molecule has 0 saturated carbocycles. The van der Waals surface area contributed by atoms with Crippen LogP contribution in [-0.2, 0) is 16.1 Å². The standard InChI is InChI=1S/C25H26N2O3/c1-19(30-18-20-8-3-2-4-9-20)24(28)26-14-16-27(17-15-26)25(29)23-13-7-11-21-10-5-6-12-22(21)23/h2-13,19H,14-18H2,1H3. The maximum atomic E-state index is 13.1. The van der Waals surface area contributed by atoms with Crippen molar-refractivity contribution in [2.24, 2.45) is 0 Å². The van der Waals surface area contributed by atoms with E-state index in [-0.39, 0.29) is 11.8 Å². The SMILES string of the molecule is CC(OCc1ccccc1)C(=O)N1CCN(C(=O)c2cccc3ccccc23)CC1. The normalized spacial score (nSPS) is 15.2. The Balaban J connectivity index is 1.34. The summed E-state index contributed by atoms with van der Waals surface area (Å²) in [5.41, 5.74) is 1.76. The third kappa shape index (κ3) is 4.36. The number of carbonyl (C=O) groups is 2. The summed E-state index contributed by atoms with van der Waals surface area (Å²) in [6.07, 6.45) is -0.509. The molecule has 3 aromatic rings. The fourth-order valence-corrected chi connectivity index (χ4v) is 3.84. The van der Waals surface area contributed by atoms with Crippen molar-refractivity contribution >= 4 is 22.6 Å². The van der Waals surface area contributed by atoms with Gasteiger partial charge in [0, 0.05) is 31.7 Å². The summed E-state index contributed by atoms with van der Waals surface area (Å²) in [5.74, 6) is -0.00420. The molecule has 30 heavy (non-hydrogen) atoms. The zero-order valence-corrected chi connectivity index (χ0v) is 17.2. The van der Waals surface area contributed by atoms with E-state index < -0.39 is 6.10 Å². The van der Waals surface area contributed by atoms with Gasteiger partial charge in [-0.2, -0.15) is 0 Å². The molecule has 0 N–H and O–H groups in total. The van der Waals surface area contributed by atoms with Gasteiger partial charge >= 0.3 is 0 Å². The van der Waals surface area contributed by atoms with Crippen LogP contribution in [0, 0.1) is 0 Å². The van der Waals surface area contributed by atoms with Gasteiger partial charge in [0.05, 0.1) is 6.61 Å². The highest BCUT2D eigenvalue weighted by Gasteiger charge is 2.28. The van der Waals surface area contributed by atoms with E-state index in [9.17, 15) is 9.59 Å². The third-order valence-corrected chi connectivity index (χ3v) is 5.59. The predicted octanol–water partition coefficient (Wildman–Crippen LogP) is 3.73. The van der Waals surface area contributed by atoms with Crippen LogP contribution in [0.15, 0.2) is 72.8 Å². The molecule has 154 valence electrons. The minimum Gasteiger partial charge on any atom is -0.364 e. The van der Waals surface area contributed by atoms with E-state index in [1.165, 1.54) is 0 Å². The van der Waals surface area contributed by atoms with Crippen molar-refractivity contribution in [2.45, 2.75) is 19.6 Å². The maximum Gasteiger partial charge on any atom is 0.254 e. The van der Waals surface area contributed by atoms with Gasteiger partial charge < -0.3 is 14.5 Å². The highest BCUT2D eigenvalue weighted by atomic mass is 16.5. The number of hydrogen-bond donors (Lipinski definition) is 0. The number of nitrogens with zero attached hydrogens (tertiary/aromatic N) is 2. The maximum absolute atomic E-state index is 13.1. The molecule has 1 fully saturated rings. The summed E-state index contributed by atoms with van der Waals surface area (Å²) in [7, 11) is 0. The van der Waals surface area contributed by atoms with Crippen LogP contribution in [0.2, 0.25) is 0 Å². The molecular weight excluding hydrogens is 376 g/mol.